The van der Waals surface area contributed by atoms with Gasteiger partial charge in [0, 0.05) is 25.2 Å². The molecular formula is C15H22FN3O2. The number of rotatable bonds is 5. The number of hydrogen-bond donors (Lipinski definition) is 1. The van der Waals surface area contributed by atoms with E-state index in [1.165, 1.54) is 12.1 Å². The molecular weight excluding hydrogens is 273 g/mol. The second-order valence-corrected chi connectivity index (χ2v) is 5.70. The van der Waals surface area contributed by atoms with Gasteiger partial charge in [-0.05, 0) is 36.9 Å². The molecule has 1 aliphatic rings. The Kier molecular flexibility index (Phi) is 5.25. The fourth-order valence-electron chi connectivity index (χ4n) is 3.04. The largest absolute Gasteiger partial charge is 0.329 e. The van der Waals surface area contributed by atoms with Crippen molar-refractivity contribution in [1.29, 1.82) is 0 Å². The molecule has 1 saturated heterocycles. The quantitative estimate of drug-likeness (QED) is 0.669. The van der Waals surface area contributed by atoms with Gasteiger partial charge in [0.05, 0.1) is 4.92 Å². The van der Waals surface area contributed by atoms with Gasteiger partial charge in [-0.15, -0.1) is 0 Å². The van der Waals surface area contributed by atoms with E-state index in [9.17, 15) is 14.5 Å². The summed E-state index contributed by atoms with van der Waals surface area (Å²) in [6, 6.07) is 4.43. The number of nitrogens with zero attached hydrogens (tertiary/aromatic N) is 2. The Morgan fingerprint density at radius 2 is 2.29 bits per heavy atom. The molecule has 1 aromatic rings. The predicted molar refractivity (Wildman–Crippen MR) is 79.3 cm³/mol. The highest BCUT2D eigenvalue weighted by atomic mass is 19.1. The molecule has 0 amide bonds. The summed E-state index contributed by atoms with van der Waals surface area (Å²) in [5.41, 5.74) is 6.14. The van der Waals surface area contributed by atoms with Crippen LogP contribution in [-0.2, 0) is 6.54 Å². The van der Waals surface area contributed by atoms with Crippen molar-refractivity contribution in [2.75, 3.05) is 13.1 Å². The average Bonchev–Trinajstić information content (AvgIpc) is 2.47. The number of hydrogen-bond acceptors (Lipinski definition) is 4. The molecule has 2 rings (SSSR count). The number of benzene rings is 1. The summed E-state index contributed by atoms with van der Waals surface area (Å²) in [5.74, 6) is -0.0614. The van der Waals surface area contributed by atoms with Crippen molar-refractivity contribution in [2.45, 2.75) is 38.8 Å². The van der Waals surface area contributed by atoms with Crippen LogP contribution >= 0.6 is 0 Å². The first-order valence-corrected chi connectivity index (χ1v) is 7.42. The van der Waals surface area contributed by atoms with Gasteiger partial charge in [-0.3, -0.25) is 15.0 Å². The van der Waals surface area contributed by atoms with Crippen molar-refractivity contribution in [2.24, 2.45) is 11.7 Å². The lowest BCUT2D eigenvalue weighted by Crippen LogP contribution is -2.46. The van der Waals surface area contributed by atoms with Crippen LogP contribution in [0.25, 0.3) is 0 Å². The van der Waals surface area contributed by atoms with Crippen LogP contribution in [0.15, 0.2) is 18.2 Å². The van der Waals surface area contributed by atoms with Crippen LogP contribution in [0.3, 0.4) is 0 Å². The second kappa shape index (κ2) is 6.95. The van der Waals surface area contributed by atoms with E-state index in [2.05, 4.69) is 11.8 Å². The third kappa shape index (κ3) is 3.77. The molecule has 5 nitrogen and oxygen atoms in total. The van der Waals surface area contributed by atoms with Gasteiger partial charge in [0.25, 0.3) is 0 Å². The van der Waals surface area contributed by atoms with E-state index in [0.717, 1.165) is 31.4 Å². The first-order valence-electron chi connectivity index (χ1n) is 7.42. The summed E-state index contributed by atoms with van der Waals surface area (Å²) in [6.07, 6.45) is 3.36. The number of piperidine rings is 1. The lowest BCUT2D eigenvalue weighted by Gasteiger charge is -2.38. The van der Waals surface area contributed by atoms with Gasteiger partial charge in [0.2, 0.25) is 5.82 Å². The first-order chi connectivity index (χ1) is 10.0. The number of nitrogens with two attached hydrogens (primary N) is 1. The van der Waals surface area contributed by atoms with E-state index in [1.807, 2.05) is 0 Å². The average molecular weight is 295 g/mol. The van der Waals surface area contributed by atoms with Crippen LogP contribution in [0.4, 0.5) is 10.1 Å². The molecule has 1 fully saturated rings. The molecule has 1 heterocycles. The van der Waals surface area contributed by atoms with Crippen molar-refractivity contribution in [3.63, 3.8) is 0 Å². The van der Waals surface area contributed by atoms with E-state index in [4.69, 9.17) is 5.73 Å². The van der Waals surface area contributed by atoms with Crippen LogP contribution in [0.2, 0.25) is 0 Å². The molecule has 6 heteroatoms. The normalized spacial score (nSPS) is 23.2. The maximum atomic E-state index is 13.7. The Morgan fingerprint density at radius 1 is 1.52 bits per heavy atom. The third-order valence-electron chi connectivity index (χ3n) is 4.39. The maximum absolute atomic E-state index is 13.7. The van der Waals surface area contributed by atoms with E-state index < -0.39 is 16.4 Å². The van der Waals surface area contributed by atoms with Crippen LogP contribution in [0, 0.1) is 21.8 Å². The summed E-state index contributed by atoms with van der Waals surface area (Å²) in [6.45, 7) is 4.32. The van der Waals surface area contributed by atoms with E-state index in [-0.39, 0.29) is 0 Å². The van der Waals surface area contributed by atoms with Crippen LogP contribution in [-0.4, -0.2) is 29.0 Å². The fraction of sp³-hybridized carbons (Fsp3) is 0.600. The zero-order valence-electron chi connectivity index (χ0n) is 12.3. The molecule has 1 aromatic carbocycles. The molecule has 2 unspecified atom stereocenters. The zero-order chi connectivity index (χ0) is 15.4. The van der Waals surface area contributed by atoms with E-state index in [1.54, 1.807) is 6.07 Å². The minimum Gasteiger partial charge on any atom is -0.329 e. The van der Waals surface area contributed by atoms with Gasteiger partial charge in [-0.25, -0.2) is 0 Å². The highest BCUT2D eigenvalue weighted by molar-refractivity contribution is 5.35. The standard InChI is InChI=1S/C15H22FN3O2/c1-2-11-5-6-18(13(7-11)9-17)10-12-3-4-15(19(20)21)14(16)8-12/h3-4,8,11,13H,2,5-7,9-10,17H2,1H3. The molecule has 0 bridgehead atoms. The van der Waals surface area contributed by atoms with Crippen LogP contribution < -0.4 is 5.73 Å². The lowest BCUT2D eigenvalue weighted by molar-refractivity contribution is -0.387. The molecule has 21 heavy (non-hydrogen) atoms. The first kappa shape index (κ1) is 15.9. The van der Waals surface area contributed by atoms with Crippen LogP contribution in [0.1, 0.15) is 31.7 Å². The van der Waals surface area contributed by atoms with Gasteiger partial charge in [0.1, 0.15) is 0 Å². The minimum atomic E-state index is -0.773. The SMILES string of the molecule is CCC1CCN(Cc2ccc([N+](=O)[O-])c(F)c2)C(CN)C1. The molecule has 2 atom stereocenters. The van der Waals surface area contributed by atoms with Crippen LogP contribution in [0.5, 0.6) is 0 Å². The highest BCUT2D eigenvalue weighted by Crippen LogP contribution is 2.27. The number of halogens is 1. The molecule has 0 aliphatic carbocycles. The molecule has 1 aliphatic heterocycles. The van der Waals surface area contributed by atoms with Crippen molar-refractivity contribution in [1.82, 2.24) is 4.90 Å². The predicted octanol–water partition coefficient (Wildman–Crippen LogP) is 2.68. The van der Waals surface area contributed by atoms with Crippen molar-refractivity contribution in [3.05, 3.63) is 39.7 Å². The Bertz CT molecular complexity index is 510. The summed E-state index contributed by atoms with van der Waals surface area (Å²) >= 11 is 0. The lowest BCUT2D eigenvalue weighted by atomic mass is 9.88. The summed E-state index contributed by atoms with van der Waals surface area (Å²) in [7, 11) is 0. The molecule has 0 saturated carbocycles. The van der Waals surface area contributed by atoms with Gasteiger partial charge in [-0.2, -0.15) is 4.39 Å². The monoisotopic (exact) mass is 295 g/mol. The fourth-order valence-corrected chi connectivity index (χ4v) is 3.04. The summed E-state index contributed by atoms with van der Waals surface area (Å²) < 4.78 is 13.7. The zero-order valence-corrected chi connectivity index (χ0v) is 12.3. The third-order valence-corrected chi connectivity index (χ3v) is 4.39. The molecule has 2 N–H and O–H groups in total. The van der Waals surface area contributed by atoms with Gasteiger partial charge in [0.15, 0.2) is 0 Å². The smallest absolute Gasteiger partial charge is 0.304 e. The van der Waals surface area contributed by atoms with Crippen molar-refractivity contribution < 1.29 is 9.31 Å². The topological polar surface area (TPSA) is 72.4 Å². The summed E-state index contributed by atoms with van der Waals surface area (Å²) in [5, 5.41) is 10.6. The summed E-state index contributed by atoms with van der Waals surface area (Å²) in [4.78, 5) is 12.2. The number of nitro groups is 1. The molecule has 116 valence electrons. The number of nitro benzene ring substituents is 1. The van der Waals surface area contributed by atoms with E-state index in [0.29, 0.717) is 25.0 Å². The molecule has 0 radical (unpaired) electrons. The molecule has 0 aromatic heterocycles. The Hall–Kier alpha value is -1.53. The van der Waals surface area contributed by atoms with Crippen molar-refractivity contribution in [3.8, 4) is 0 Å². The van der Waals surface area contributed by atoms with Gasteiger partial charge >= 0.3 is 5.69 Å². The molecule has 0 spiro atoms. The Morgan fingerprint density at radius 3 is 2.86 bits per heavy atom. The Balaban J connectivity index is 2.07. The number of likely N-dealkylation sites (tertiary alicyclic amines) is 1. The van der Waals surface area contributed by atoms with Gasteiger partial charge < -0.3 is 5.73 Å². The maximum Gasteiger partial charge on any atom is 0.304 e. The highest BCUT2D eigenvalue weighted by Gasteiger charge is 2.27. The second-order valence-electron chi connectivity index (χ2n) is 5.70. The van der Waals surface area contributed by atoms with E-state index >= 15 is 0 Å². The Labute approximate surface area is 124 Å². The van der Waals surface area contributed by atoms with Crippen molar-refractivity contribution >= 4 is 5.69 Å². The van der Waals surface area contributed by atoms with Gasteiger partial charge in [-0.1, -0.05) is 19.4 Å². The minimum absolute atomic E-state index is 0.307.